The van der Waals surface area contributed by atoms with Gasteiger partial charge in [0.15, 0.2) is 0 Å². The second-order valence-corrected chi connectivity index (χ2v) is 6.84. The van der Waals surface area contributed by atoms with Gasteiger partial charge in [-0.3, -0.25) is 4.31 Å². The van der Waals surface area contributed by atoms with Crippen LogP contribution in [0.15, 0.2) is 41.4 Å². The van der Waals surface area contributed by atoms with Gasteiger partial charge >= 0.3 is 0 Å². The molecule has 1 aromatic carbocycles. The summed E-state index contributed by atoms with van der Waals surface area (Å²) < 4.78 is 28.4. The maximum Gasteiger partial charge on any atom is 0.265 e. The quantitative estimate of drug-likeness (QED) is 0.920. The van der Waals surface area contributed by atoms with Gasteiger partial charge in [-0.05, 0) is 31.5 Å². The lowest BCUT2D eigenvalue weighted by Crippen LogP contribution is -2.26. The molecule has 0 saturated heterocycles. The van der Waals surface area contributed by atoms with E-state index in [0.29, 0.717) is 17.9 Å². The van der Waals surface area contributed by atoms with E-state index in [0.717, 1.165) is 5.56 Å². The molecule has 1 heterocycles. The van der Waals surface area contributed by atoms with Crippen LogP contribution >= 0.6 is 0 Å². The molecule has 2 rings (SSSR count). The van der Waals surface area contributed by atoms with Crippen molar-refractivity contribution in [2.75, 3.05) is 11.4 Å². The van der Waals surface area contributed by atoms with Crippen LogP contribution in [0.3, 0.4) is 0 Å². The molecule has 0 saturated carbocycles. The van der Waals surface area contributed by atoms with Gasteiger partial charge in [0.05, 0.1) is 12.3 Å². The molecule has 2 aromatic rings. The Bertz CT molecular complexity index is 714. The fraction of sp³-hybridized carbons (Fsp3) is 0.333. The van der Waals surface area contributed by atoms with Crippen molar-refractivity contribution in [2.24, 2.45) is 0 Å². The summed E-state index contributed by atoms with van der Waals surface area (Å²) in [6, 6.07) is 8.85. The molecule has 0 aliphatic heterocycles. The third-order valence-corrected chi connectivity index (χ3v) is 5.31. The Morgan fingerprint density at radius 1 is 1.29 bits per heavy atom. The minimum Gasteiger partial charge on any atom is -0.390 e. The standard InChI is InChI=1S/C15H20N2O3S/c1-4-17-10-14(9-13(17)11-18)21(19,20)16(3)15-8-6-5-7-12(15)2/h5-10,18H,4,11H2,1-3H3. The van der Waals surface area contributed by atoms with Gasteiger partial charge in [0.25, 0.3) is 10.0 Å². The molecule has 0 aliphatic carbocycles. The summed E-state index contributed by atoms with van der Waals surface area (Å²) in [5.41, 5.74) is 2.13. The van der Waals surface area contributed by atoms with E-state index in [4.69, 9.17) is 0 Å². The molecule has 5 nitrogen and oxygen atoms in total. The van der Waals surface area contributed by atoms with Gasteiger partial charge < -0.3 is 9.67 Å². The average molecular weight is 308 g/mol. The van der Waals surface area contributed by atoms with Crippen molar-refractivity contribution < 1.29 is 13.5 Å². The number of aryl methyl sites for hydroxylation is 2. The van der Waals surface area contributed by atoms with Gasteiger partial charge in [0, 0.05) is 25.5 Å². The van der Waals surface area contributed by atoms with Crippen molar-refractivity contribution in [3.05, 3.63) is 47.8 Å². The van der Waals surface area contributed by atoms with Gasteiger partial charge in [0.2, 0.25) is 0 Å². The zero-order valence-electron chi connectivity index (χ0n) is 12.4. The van der Waals surface area contributed by atoms with Crippen molar-refractivity contribution in [1.29, 1.82) is 0 Å². The molecule has 0 radical (unpaired) electrons. The Morgan fingerprint density at radius 2 is 1.95 bits per heavy atom. The van der Waals surface area contributed by atoms with Crippen LogP contribution in [0.1, 0.15) is 18.2 Å². The van der Waals surface area contributed by atoms with Crippen molar-refractivity contribution in [1.82, 2.24) is 4.57 Å². The number of nitrogens with zero attached hydrogens (tertiary/aromatic N) is 2. The van der Waals surface area contributed by atoms with Gasteiger partial charge in [-0.2, -0.15) is 0 Å². The van der Waals surface area contributed by atoms with Crippen LogP contribution in [-0.4, -0.2) is 25.1 Å². The van der Waals surface area contributed by atoms with Gasteiger partial charge in [-0.15, -0.1) is 0 Å². The number of sulfonamides is 1. The summed E-state index contributed by atoms with van der Waals surface area (Å²) in [5, 5.41) is 9.30. The number of anilines is 1. The monoisotopic (exact) mass is 308 g/mol. The average Bonchev–Trinajstić information content (AvgIpc) is 2.91. The maximum atomic E-state index is 12.7. The number of para-hydroxylation sites is 1. The van der Waals surface area contributed by atoms with E-state index in [1.807, 2.05) is 32.0 Å². The number of rotatable bonds is 5. The normalized spacial score (nSPS) is 11.6. The van der Waals surface area contributed by atoms with E-state index in [1.54, 1.807) is 23.9 Å². The molecule has 1 aromatic heterocycles. The second kappa shape index (κ2) is 5.91. The van der Waals surface area contributed by atoms with Crippen LogP contribution in [-0.2, 0) is 23.2 Å². The second-order valence-electron chi connectivity index (χ2n) is 4.87. The topological polar surface area (TPSA) is 62.5 Å². The van der Waals surface area contributed by atoms with Crippen LogP contribution in [0.2, 0.25) is 0 Å². The molecular weight excluding hydrogens is 288 g/mol. The molecule has 0 atom stereocenters. The van der Waals surface area contributed by atoms with E-state index in [1.165, 1.54) is 10.4 Å². The van der Waals surface area contributed by atoms with Crippen molar-refractivity contribution in [3.8, 4) is 0 Å². The van der Waals surface area contributed by atoms with Crippen LogP contribution in [0.4, 0.5) is 5.69 Å². The van der Waals surface area contributed by atoms with Crippen LogP contribution in [0.5, 0.6) is 0 Å². The first-order valence-corrected chi connectivity index (χ1v) is 8.20. The highest BCUT2D eigenvalue weighted by Gasteiger charge is 2.24. The molecular formula is C15H20N2O3S. The molecule has 0 fully saturated rings. The summed E-state index contributed by atoms with van der Waals surface area (Å²) >= 11 is 0. The number of hydrogen-bond acceptors (Lipinski definition) is 3. The lowest BCUT2D eigenvalue weighted by molar-refractivity contribution is 0.271. The lowest BCUT2D eigenvalue weighted by atomic mass is 10.2. The Kier molecular flexibility index (Phi) is 4.39. The fourth-order valence-electron chi connectivity index (χ4n) is 2.30. The minimum absolute atomic E-state index is 0.183. The Hall–Kier alpha value is -1.79. The molecule has 0 unspecified atom stereocenters. The van der Waals surface area contributed by atoms with E-state index in [-0.39, 0.29) is 11.5 Å². The fourth-order valence-corrected chi connectivity index (χ4v) is 3.62. The molecule has 0 bridgehead atoms. The molecule has 1 N–H and O–H groups in total. The van der Waals surface area contributed by atoms with Gasteiger partial charge in [-0.25, -0.2) is 8.42 Å². The van der Waals surface area contributed by atoms with Crippen molar-refractivity contribution >= 4 is 15.7 Å². The summed E-state index contributed by atoms with van der Waals surface area (Å²) in [4.78, 5) is 0.194. The van der Waals surface area contributed by atoms with Crippen LogP contribution < -0.4 is 4.31 Å². The zero-order valence-corrected chi connectivity index (χ0v) is 13.3. The predicted molar refractivity (Wildman–Crippen MR) is 82.8 cm³/mol. The molecule has 6 heteroatoms. The highest BCUT2D eigenvalue weighted by Crippen LogP contribution is 2.26. The maximum absolute atomic E-state index is 12.7. The van der Waals surface area contributed by atoms with E-state index in [2.05, 4.69) is 0 Å². The van der Waals surface area contributed by atoms with E-state index < -0.39 is 10.0 Å². The molecule has 0 amide bonds. The number of hydrogen-bond donors (Lipinski definition) is 1. The summed E-state index contributed by atoms with van der Waals surface area (Å²) in [5.74, 6) is 0. The third-order valence-electron chi connectivity index (χ3n) is 3.58. The minimum atomic E-state index is -3.63. The summed E-state index contributed by atoms with van der Waals surface area (Å²) in [7, 11) is -2.09. The lowest BCUT2D eigenvalue weighted by Gasteiger charge is -2.20. The SMILES string of the molecule is CCn1cc(S(=O)(=O)N(C)c2ccccc2C)cc1CO. The highest BCUT2D eigenvalue weighted by atomic mass is 32.2. The Balaban J connectivity index is 2.47. The molecule has 0 spiro atoms. The molecule has 0 aliphatic rings. The third kappa shape index (κ3) is 2.82. The molecule has 21 heavy (non-hydrogen) atoms. The zero-order chi connectivity index (χ0) is 15.6. The largest absolute Gasteiger partial charge is 0.390 e. The number of benzene rings is 1. The van der Waals surface area contributed by atoms with Crippen LogP contribution in [0.25, 0.3) is 0 Å². The number of aliphatic hydroxyl groups is 1. The Morgan fingerprint density at radius 3 is 2.48 bits per heavy atom. The first-order valence-electron chi connectivity index (χ1n) is 6.76. The number of aliphatic hydroxyl groups excluding tert-OH is 1. The predicted octanol–water partition coefficient (Wildman–Crippen LogP) is 2.13. The van der Waals surface area contributed by atoms with Crippen molar-refractivity contribution in [3.63, 3.8) is 0 Å². The van der Waals surface area contributed by atoms with Gasteiger partial charge in [0.1, 0.15) is 4.90 Å². The van der Waals surface area contributed by atoms with E-state index >= 15 is 0 Å². The first-order chi connectivity index (χ1) is 9.91. The van der Waals surface area contributed by atoms with Crippen LogP contribution in [0, 0.1) is 6.92 Å². The smallest absolute Gasteiger partial charge is 0.265 e. The van der Waals surface area contributed by atoms with Gasteiger partial charge in [-0.1, -0.05) is 18.2 Å². The number of aromatic nitrogens is 1. The Labute approximate surface area is 125 Å². The summed E-state index contributed by atoms with van der Waals surface area (Å²) in [6.45, 7) is 4.20. The molecule has 114 valence electrons. The summed E-state index contributed by atoms with van der Waals surface area (Å²) in [6.07, 6.45) is 1.57. The first kappa shape index (κ1) is 15.6. The highest BCUT2D eigenvalue weighted by molar-refractivity contribution is 7.92. The van der Waals surface area contributed by atoms with Crippen molar-refractivity contribution in [2.45, 2.75) is 31.9 Å². The van der Waals surface area contributed by atoms with E-state index in [9.17, 15) is 13.5 Å².